The number of rotatable bonds is 2. The summed E-state index contributed by atoms with van der Waals surface area (Å²) in [6, 6.07) is 0.649. The summed E-state index contributed by atoms with van der Waals surface area (Å²) in [5.74, 6) is 0.773. The van der Waals surface area contributed by atoms with Gasteiger partial charge in [-0.05, 0) is 51.0 Å². The molecule has 4 nitrogen and oxygen atoms in total. The van der Waals surface area contributed by atoms with Crippen molar-refractivity contribution in [3.63, 3.8) is 0 Å². The smallest absolute Gasteiger partial charge is 0.320 e. The average Bonchev–Trinajstić information content (AvgIpc) is 2.40. The van der Waals surface area contributed by atoms with E-state index in [1.807, 2.05) is 0 Å². The molecule has 0 bridgehead atoms. The predicted molar refractivity (Wildman–Crippen MR) is 73.4 cm³/mol. The summed E-state index contributed by atoms with van der Waals surface area (Å²) in [4.78, 5) is 16.7. The number of hydrogen-bond donors (Lipinski definition) is 1. The Labute approximate surface area is 110 Å². The van der Waals surface area contributed by atoms with Crippen molar-refractivity contribution in [2.24, 2.45) is 11.7 Å². The number of nitrogens with two attached hydrogens (primary N) is 1. The minimum absolute atomic E-state index is 0.264. The number of carbonyl (C=O) groups is 1. The quantitative estimate of drug-likeness (QED) is 0.818. The summed E-state index contributed by atoms with van der Waals surface area (Å²) >= 11 is 0. The van der Waals surface area contributed by atoms with E-state index in [-0.39, 0.29) is 6.03 Å². The number of carbonyl (C=O) groups excluding carboxylic acids is 1. The van der Waals surface area contributed by atoms with E-state index in [1.165, 1.54) is 6.42 Å². The Morgan fingerprint density at radius 2 is 1.89 bits per heavy atom. The molecule has 0 aromatic rings. The fourth-order valence-electron chi connectivity index (χ4n) is 3.13. The molecule has 2 aliphatic rings. The van der Waals surface area contributed by atoms with E-state index in [1.54, 1.807) is 0 Å². The van der Waals surface area contributed by atoms with E-state index in [4.69, 9.17) is 5.73 Å². The van der Waals surface area contributed by atoms with Crippen LogP contribution in [0.3, 0.4) is 0 Å². The molecule has 4 heteroatoms. The molecule has 0 spiro atoms. The van der Waals surface area contributed by atoms with E-state index in [2.05, 4.69) is 16.7 Å². The van der Waals surface area contributed by atoms with Crippen molar-refractivity contribution in [3.05, 3.63) is 0 Å². The summed E-state index contributed by atoms with van der Waals surface area (Å²) in [6.45, 7) is 5.76. The molecule has 2 amide bonds. The van der Waals surface area contributed by atoms with Gasteiger partial charge in [-0.15, -0.1) is 0 Å². The molecule has 1 unspecified atom stereocenters. The summed E-state index contributed by atoms with van der Waals surface area (Å²) in [6.07, 6.45) is 6.79. The van der Waals surface area contributed by atoms with Crippen LogP contribution in [-0.2, 0) is 0 Å². The minimum Gasteiger partial charge on any atom is -0.330 e. The fraction of sp³-hybridized carbons (Fsp3) is 0.929. The highest BCUT2D eigenvalue weighted by molar-refractivity contribution is 5.75. The monoisotopic (exact) mass is 253 g/mol. The van der Waals surface area contributed by atoms with Gasteiger partial charge in [0.2, 0.25) is 0 Å². The largest absolute Gasteiger partial charge is 0.330 e. The van der Waals surface area contributed by atoms with Gasteiger partial charge in [-0.2, -0.15) is 0 Å². The van der Waals surface area contributed by atoms with Crippen molar-refractivity contribution in [3.8, 4) is 0 Å². The van der Waals surface area contributed by atoms with Crippen molar-refractivity contribution in [2.75, 3.05) is 26.2 Å². The van der Waals surface area contributed by atoms with Gasteiger partial charge in [0.05, 0.1) is 0 Å². The van der Waals surface area contributed by atoms with Crippen LogP contribution in [-0.4, -0.2) is 48.1 Å². The molecule has 0 aliphatic carbocycles. The Morgan fingerprint density at radius 3 is 2.56 bits per heavy atom. The summed E-state index contributed by atoms with van der Waals surface area (Å²) in [5, 5.41) is 0. The molecule has 2 rings (SSSR count). The van der Waals surface area contributed by atoms with Crippen molar-refractivity contribution in [1.82, 2.24) is 9.80 Å². The highest BCUT2D eigenvalue weighted by Gasteiger charge is 2.30. The molecular weight excluding hydrogens is 226 g/mol. The Kier molecular flexibility index (Phi) is 4.87. The first-order valence-electron chi connectivity index (χ1n) is 7.48. The van der Waals surface area contributed by atoms with E-state index in [0.717, 1.165) is 57.7 Å². The highest BCUT2D eigenvalue weighted by Crippen LogP contribution is 2.23. The van der Waals surface area contributed by atoms with E-state index in [9.17, 15) is 4.79 Å². The number of hydrogen-bond acceptors (Lipinski definition) is 2. The van der Waals surface area contributed by atoms with Crippen LogP contribution in [0.5, 0.6) is 0 Å². The van der Waals surface area contributed by atoms with Crippen LogP contribution in [0.4, 0.5) is 4.79 Å². The lowest BCUT2D eigenvalue weighted by atomic mass is 9.98. The van der Waals surface area contributed by atoms with Crippen LogP contribution < -0.4 is 5.73 Å². The zero-order chi connectivity index (χ0) is 13.0. The van der Waals surface area contributed by atoms with Gasteiger partial charge in [0.15, 0.2) is 0 Å². The Balaban J connectivity index is 1.93. The Hall–Kier alpha value is -0.770. The third-order valence-corrected chi connectivity index (χ3v) is 4.43. The zero-order valence-electron chi connectivity index (χ0n) is 11.6. The van der Waals surface area contributed by atoms with E-state index < -0.39 is 0 Å². The first kappa shape index (κ1) is 13.7. The molecule has 1 atom stereocenters. The number of amides is 2. The third-order valence-electron chi connectivity index (χ3n) is 4.43. The second-order valence-corrected chi connectivity index (χ2v) is 5.87. The molecule has 0 aromatic heterocycles. The maximum absolute atomic E-state index is 12.6. The van der Waals surface area contributed by atoms with Crippen molar-refractivity contribution in [2.45, 2.75) is 51.5 Å². The molecule has 0 saturated carbocycles. The Morgan fingerprint density at radius 1 is 1.17 bits per heavy atom. The second-order valence-electron chi connectivity index (χ2n) is 5.87. The maximum atomic E-state index is 12.6. The molecule has 2 heterocycles. The molecule has 104 valence electrons. The van der Waals surface area contributed by atoms with Crippen molar-refractivity contribution in [1.29, 1.82) is 0 Å². The van der Waals surface area contributed by atoms with Gasteiger partial charge in [0, 0.05) is 25.7 Å². The number of piperidine rings is 2. The SMILES string of the molecule is CC1CCN(C(=O)N2CCCCC2CCN)CC1. The van der Waals surface area contributed by atoms with Crippen LogP contribution in [0.2, 0.25) is 0 Å². The number of likely N-dealkylation sites (tertiary alicyclic amines) is 2. The number of nitrogens with zero attached hydrogens (tertiary/aromatic N) is 2. The summed E-state index contributed by atoms with van der Waals surface area (Å²) in [7, 11) is 0. The lowest BCUT2D eigenvalue weighted by Gasteiger charge is -2.41. The van der Waals surface area contributed by atoms with E-state index in [0.29, 0.717) is 12.6 Å². The molecule has 2 N–H and O–H groups in total. The van der Waals surface area contributed by atoms with Crippen LogP contribution in [0, 0.1) is 5.92 Å². The molecule has 2 saturated heterocycles. The van der Waals surface area contributed by atoms with Gasteiger partial charge in [0.25, 0.3) is 0 Å². The molecule has 2 aliphatic heterocycles. The molecular formula is C14H27N3O. The topological polar surface area (TPSA) is 49.6 Å². The molecule has 0 aromatic carbocycles. The minimum atomic E-state index is 0.264. The number of urea groups is 1. The van der Waals surface area contributed by atoms with Crippen LogP contribution >= 0.6 is 0 Å². The van der Waals surface area contributed by atoms with Gasteiger partial charge in [-0.3, -0.25) is 0 Å². The molecule has 18 heavy (non-hydrogen) atoms. The maximum Gasteiger partial charge on any atom is 0.320 e. The average molecular weight is 253 g/mol. The zero-order valence-corrected chi connectivity index (χ0v) is 11.6. The van der Waals surface area contributed by atoms with Crippen LogP contribution in [0.25, 0.3) is 0 Å². The fourth-order valence-corrected chi connectivity index (χ4v) is 3.13. The summed E-state index contributed by atoms with van der Waals surface area (Å²) < 4.78 is 0. The van der Waals surface area contributed by atoms with Crippen molar-refractivity contribution < 1.29 is 4.79 Å². The lowest BCUT2D eigenvalue weighted by Crippen LogP contribution is -2.52. The van der Waals surface area contributed by atoms with Gasteiger partial charge < -0.3 is 15.5 Å². The Bertz CT molecular complexity index is 272. The predicted octanol–water partition coefficient (Wildman–Crippen LogP) is 2.04. The standard InChI is InChI=1S/C14H27N3O/c1-12-6-10-16(11-7-12)14(18)17-9-3-2-4-13(17)5-8-15/h12-13H,2-11,15H2,1H3. The van der Waals surface area contributed by atoms with Gasteiger partial charge in [0.1, 0.15) is 0 Å². The van der Waals surface area contributed by atoms with E-state index >= 15 is 0 Å². The van der Waals surface area contributed by atoms with Crippen LogP contribution in [0.1, 0.15) is 45.4 Å². The highest BCUT2D eigenvalue weighted by atomic mass is 16.2. The first-order valence-corrected chi connectivity index (χ1v) is 7.48. The molecule has 0 radical (unpaired) electrons. The lowest BCUT2D eigenvalue weighted by molar-refractivity contribution is 0.101. The second kappa shape index (κ2) is 6.41. The first-order chi connectivity index (χ1) is 8.72. The van der Waals surface area contributed by atoms with Crippen LogP contribution in [0.15, 0.2) is 0 Å². The summed E-state index contributed by atoms with van der Waals surface area (Å²) in [5.41, 5.74) is 5.67. The van der Waals surface area contributed by atoms with Crippen molar-refractivity contribution >= 4 is 6.03 Å². The van der Waals surface area contributed by atoms with Gasteiger partial charge in [-0.25, -0.2) is 4.79 Å². The van der Waals surface area contributed by atoms with Gasteiger partial charge in [-0.1, -0.05) is 6.92 Å². The normalized spacial score (nSPS) is 26.4. The van der Waals surface area contributed by atoms with Gasteiger partial charge >= 0.3 is 6.03 Å². The third kappa shape index (κ3) is 3.16. The molecule has 2 fully saturated rings.